The number of benzene rings is 2. The summed E-state index contributed by atoms with van der Waals surface area (Å²) in [6, 6.07) is 9.05. The van der Waals surface area contributed by atoms with Gasteiger partial charge in [0.25, 0.3) is 0 Å². The van der Waals surface area contributed by atoms with Crippen LogP contribution in [-0.4, -0.2) is 13.1 Å². The molecule has 0 radical (unpaired) electrons. The van der Waals surface area contributed by atoms with Crippen LogP contribution in [0.3, 0.4) is 0 Å². The number of hydrogen-bond acceptors (Lipinski definition) is 3. The monoisotopic (exact) mass is 355 g/mol. The SMILES string of the molecule is COC(=O)C(Nc1cccc(Br)c1)c1c(F)cccc1F. The number of esters is 1. The molecule has 0 amide bonds. The Labute approximate surface area is 129 Å². The third-order valence-electron chi connectivity index (χ3n) is 2.86. The average Bonchev–Trinajstić information content (AvgIpc) is 2.45. The molecule has 0 saturated carbocycles. The zero-order valence-corrected chi connectivity index (χ0v) is 12.7. The van der Waals surface area contributed by atoms with E-state index in [4.69, 9.17) is 0 Å². The molecule has 0 fully saturated rings. The molecule has 1 unspecified atom stereocenters. The molecule has 2 aromatic rings. The first-order chi connectivity index (χ1) is 10.0. The lowest BCUT2D eigenvalue weighted by molar-refractivity contribution is -0.141. The number of anilines is 1. The van der Waals surface area contributed by atoms with E-state index in [9.17, 15) is 13.6 Å². The normalized spacial score (nSPS) is 11.8. The van der Waals surface area contributed by atoms with Crippen LogP contribution in [-0.2, 0) is 9.53 Å². The maximum Gasteiger partial charge on any atom is 0.333 e. The highest BCUT2D eigenvalue weighted by molar-refractivity contribution is 9.10. The number of halogens is 3. The summed E-state index contributed by atoms with van der Waals surface area (Å²) in [4.78, 5) is 11.9. The van der Waals surface area contributed by atoms with Crippen molar-refractivity contribution in [1.29, 1.82) is 0 Å². The van der Waals surface area contributed by atoms with Crippen molar-refractivity contribution in [3.63, 3.8) is 0 Å². The Balaban J connectivity index is 2.42. The maximum atomic E-state index is 13.9. The standard InChI is InChI=1S/C15H12BrF2NO2/c1-21-15(20)14(13-11(17)6-3-7-12(13)18)19-10-5-2-4-9(16)8-10/h2-8,14,19H,1H3. The summed E-state index contributed by atoms with van der Waals surface area (Å²) in [7, 11) is 1.16. The highest BCUT2D eigenvalue weighted by Crippen LogP contribution is 2.27. The van der Waals surface area contributed by atoms with Crippen molar-refractivity contribution >= 4 is 27.6 Å². The van der Waals surface area contributed by atoms with Crippen LogP contribution in [0.25, 0.3) is 0 Å². The molecule has 3 nitrogen and oxygen atoms in total. The molecule has 0 saturated heterocycles. The van der Waals surface area contributed by atoms with Crippen LogP contribution in [0.4, 0.5) is 14.5 Å². The van der Waals surface area contributed by atoms with Crippen LogP contribution >= 0.6 is 15.9 Å². The minimum atomic E-state index is -1.27. The molecule has 0 aliphatic rings. The van der Waals surface area contributed by atoms with Crippen molar-refractivity contribution in [2.24, 2.45) is 0 Å². The molecule has 6 heteroatoms. The molecule has 110 valence electrons. The molecule has 1 N–H and O–H groups in total. The topological polar surface area (TPSA) is 38.3 Å². The minimum absolute atomic E-state index is 0.371. The fraction of sp³-hybridized carbons (Fsp3) is 0.133. The number of carbonyl (C=O) groups is 1. The predicted molar refractivity (Wildman–Crippen MR) is 78.9 cm³/mol. The van der Waals surface area contributed by atoms with E-state index in [-0.39, 0.29) is 5.56 Å². The highest BCUT2D eigenvalue weighted by atomic mass is 79.9. The Bertz CT molecular complexity index is 644. The molecular formula is C15H12BrF2NO2. The van der Waals surface area contributed by atoms with E-state index in [2.05, 4.69) is 26.0 Å². The fourth-order valence-electron chi connectivity index (χ4n) is 1.90. The summed E-state index contributed by atoms with van der Waals surface area (Å²) in [6.45, 7) is 0. The second kappa shape index (κ2) is 6.67. The molecule has 2 rings (SSSR count). The van der Waals surface area contributed by atoms with Crippen molar-refractivity contribution in [2.75, 3.05) is 12.4 Å². The van der Waals surface area contributed by atoms with Gasteiger partial charge in [-0.25, -0.2) is 13.6 Å². The Morgan fingerprint density at radius 3 is 2.38 bits per heavy atom. The minimum Gasteiger partial charge on any atom is -0.467 e. The quantitative estimate of drug-likeness (QED) is 0.840. The van der Waals surface area contributed by atoms with Crippen LogP contribution in [0.15, 0.2) is 46.9 Å². The summed E-state index contributed by atoms with van der Waals surface area (Å²) in [5.74, 6) is -2.40. The lowest BCUT2D eigenvalue weighted by Crippen LogP contribution is -2.24. The number of hydrogen-bond donors (Lipinski definition) is 1. The Morgan fingerprint density at radius 2 is 1.81 bits per heavy atom. The van der Waals surface area contributed by atoms with Crippen LogP contribution in [0.1, 0.15) is 11.6 Å². The molecule has 0 aliphatic heterocycles. The molecular weight excluding hydrogens is 344 g/mol. The first-order valence-corrected chi connectivity index (χ1v) is 6.86. The molecule has 0 spiro atoms. The third-order valence-corrected chi connectivity index (χ3v) is 3.35. The second-order valence-electron chi connectivity index (χ2n) is 4.25. The zero-order valence-electron chi connectivity index (χ0n) is 11.1. The van der Waals surface area contributed by atoms with E-state index in [0.717, 1.165) is 23.7 Å². The van der Waals surface area contributed by atoms with Gasteiger partial charge in [-0.2, -0.15) is 0 Å². The van der Waals surface area contributed by atoms with Gasteiger partial charge in [0.1, 0.15) is 11.6 Å². The molecule has 0 bridgehead atoms. The van der Waals surface area contributed by atoms with Crippen LogP contribution in [0, 0.1) is 11.6 Å². The van der Waals surface area contributed by atoms with Crippen molar-refractivity contribution < 1.29 is 18.3 Å². The van der Waals surface area contributed by atoms with Gasteiger partial charge in [0, 0.05) is 10.2 Å². The molecule has 0 aromatic heterocycles. The molecule has 0 aliphatic carbocycles. The van der Waals surface area contributed by atoms with Crippen LogP contribution in [0.2, 0.25) is 0 Å². The van der Waals surface area contributed by atoms with Crippen LogP contribution < -0.4 is 5.32 Å². The summed E-state index contributed by atoms with van der Waals surface area (Å²) < 4.78 is 33.2. The smallest absolute Gasteiger partial charge is 0.333 e. The largest absolute Gasteiger partial charge is 0.467 e. The average molecular weight is 356 g/mol. The summed E-state index contributed by atoms with van der Waals surface area (Å²) in [5, 5.41) is 2.78. The number of rotatable bonds is 4. The molecule has 0 heterocycles. The van der Waals surface area contributed by atoms with Crippen molar-refractivity contribution in [1.82, 2.24) is 0 Å². The molecule has 21 heavy (non-hydrogen) atoms. The van der Waals surface area contributed by atoms with Crippen molar-refractivity contribution in [3.05, 3.63) is 64.1 Å². The molecule has 1 atom stereocenters. The van der Waals surface area contributed by atoms with E-state index in [1.807, 2.05) is 0 Å². The maximum absolute atomic E-state index is 13.9. The van der Waals surface area contributed by atoms with Crippen LogP contribution in [0.5, 0.6) is 0 Å². The zero-order chi connectivity index (χ0) is 15.4. The van der Waals surface area contributed by atoms with E-state index in [0.29, 0.717) is 5.69 Å². The number of methoxy groups -OCH3 is 1. The number of carbonyl (C=O) groups excluding carboxylic acids is 1. The predicted octanol–water partition coefficient (Wildman–Crippen LogP) is 4.05. The van der Waals surface area contributed by atoms with Gasteiger partial charge in [0.15, 0.2) is 6.04 Å². The Hall–Kier alpha value is -1.95. The first-order valence-electron chi connectivity index (χ1n) is 6.06. The second-order valence-corrected chi connectivity index (χ2v) is 5.16. The van der Waals surface area contributed by atoms with Gasteiger partial charge in [-0.1, -0.05) is 28.1 Å². The third kappa shape index (κ3) is 3.58. The van der Waals surface area contributed by atoms with E-state index >= 15 is 0 Å². The summed E-state index contributed by atoms with van der Waals surface area (Å²) >= 11 is 3.29. The van der Waals surface area contributed by atoms with Gasteiger partial charge in [0.2, 0.25) is 0 Å². The summed E-state index contributed by atoms with van der Waals surface area (Å²) in [5.41, 5.74) is 0.159. The molecule has 2 aromatic carbocycles. The highest BCUT2D eigenvalue weighted by Gasteiger charge is 2.27. The van der Waals surface area contributed by atoms with Gasteiger partial charge in [-0.05, 0) is 30.3 Å². The van der Waals surface area contributed by atoms with E-state index in [1.54, 1.807) is 24.3 Å². The Morgan fingerprint density at radius 1 is 1.19 bits per heavy atom. The van der Waals surface area contributed by atoms with E-state index < -0.39 is 23.6 Å². The van der Waals surface area contributed by atoms with Gasteiger partial charge in [0.05, 0.1) is 12.7 Å². The van der Waals surface area contributed by atoms with E-state index in [1.165, 1.54) is 6.07 Å². The lowest BCUT2D eigenvalue weighted by atomic mass is 10.0. The number of nitrogens with one attached hydrogen (secondary N) is 1. The lowest BCUT2D eigenvalue weighted by Gasteiger charge is -2.19. The van der Waals surface area contributed by atoms with Gasteiger partial charge < -0.3 is 10.1 Å². The summed E-state index contributed by atoms with van der Waals surface area (Å²) in [6.07, 6.45) is 0. The van der Waals surface area contributed by atoms with Crippen molar-refractivity contribution in [2.45, 2.75) is 6.04 Å². The fourth-order valence-corrected chi connectivity index (χ4v) is 2.30. The first kappa shape index (κ1) is 15.4. The number of ether oxygens (including phenoxy) is 1. The van der Waals surface area contributed by atoms with Gasteiger partial charge in [-0.15, -0.1) is 0 Å². The van der Waals surface area contributed by atoms with Gasteiger partial charge >= 0.3 is 5.97 Å². The Kier molecular flexibility index (Phi) is 4.90. The van der Waals surface area contributed by atoms with Crippen molar-refractivity contribution in [3.8, 4) is 0 Å². The van der Waals surface area contributed by atoms with Gasteiger partial charge in [-0.3, -0.25) is 0 Å².